The summed E-state index contributed by atoms with van der Waals surface area (Å²) in [5.74, 6) is -0.281. The van der Waals surface area contributed by atoms with Crippen LogP contribution >= 0.6 is 22.7 Å². The van der Waals surface area contributed by atoms with Gasteiger partial charge in [0, 0.05) is 26.4 Å². The van der Waals surface area contributed by atoms with Gasteiger partial charge in [0.1, 0.15) is 16.6 Å². The van der Waals surface area contributed by atoms with Crippen molar-refractivity contribution in [3.63, 3.8) is 0 Å². The molecule has 0 spiro atoms. The number of thiophene rings is 2. The van der Waals surface area contributed by atoms with Crippen molar-refractivity contribution >= 4 is 44.5 Å². The minimum absolute atomic E-state index is 0.00141. The lowest BCUT2D eigenvalue weighted by Gasteiger charge is -2.02. The number of nitriles is 1. The van der Waals surface area contributed by atoms with Crippen molar-refractivity contribution in [1.29, 1.82) is 5.26 Å². The molecule has 4 aromatic rings. The van der Waals surface area contributed by atoms with E-state index in [-0.39, 0.29) is 17.2 Å². The monoisotopic (exact) mass is 405 g/mol. The number of aromatic nitrogens is 1. The van der Waals surface area contributed by atoms with E-state index in [1.165, 1.54) is 11.3 Å². The smallest absolute Gasteiger partial charge is 0.270 e. The number of carbonyl (C=O) groups is 1. The molecule has 0 aliphatic carbocycles. The number of rotatable bonds is 2. The summed E-state index contributed by atoms with van der Waals surface area (Å²) in [4.78, 5) is 28.6. The van der Waals surface area contributed by atoms with Gasteiger partial charge in [-0.05, 0) is 35.4 Å². The molecule has 0 fully saturated rings. The molecule has 1 aromatic carbocycles. The molecule has 1 aliphatic heterocycles. The highest BCUT2D eigenvalue weighted by Gasteiger charge is 2.20. The number of amides is 1. The van der Waals surface area contributed by atoms with E-state index in [4.69, 9.17) is 5.26 Å². The third-order valence-corrected chi connectivity index (χ3v) is 6.78. The van der Waals surface area contributed by atoms with Crippen molar-refractivity contribution in [2.45, 2.75) is 6.42 Å². The third kappa shape index (κ3) is 2.45. The Hall–Kier alpha value is -3.41. The van der Waals surface area contributed by atoms with Crippen LogP contribution in [-0.2, 0) is 11.2 Å². The van der Waals surface area contributed by atoms with Crippen LogP contribution in [0.5, 0.6) is 5.75 Å². The first kappa shape index (κ1) is 16.7. The fourth-order valence-corrected chi connectivity index (χ4v) is 5.44. The lowest BCUT2D eigenvalue weighted by molar-refractivity contribution is -0.115. The number of aromatic amines is 1. The largest absolute Gasteiger partial charge is 0.506 e. The maximum atomic E-state index is 11.9. The van der Waals surface area contributed by atoms with Crippen molar-refractivity contribution in [2.24, 2.45) is 0 Å². The Bertz CT molecular complexity index is 1390. The molecular weight excluding hydrogens is 394 g/mol. The van der Waals surface area contributed by atoms with E-state index in [2.05, 4.69) is 10.3 Å². The van der Waals surface area contributed by atoms with Crippen LogP contribution < -0.4 is 10.9 Å². The Balaban J connectivity index is 1.61. The standard InChI is InChI=1S/C20H11N3O3S2/c21-7-11-18(25)17-12(8-27-20(17)23-19(11)26)15-4-3-14(28-15)9-1-2-13-10(5-9)6-16(24)22-13/h1-5,8H,6H2,(H,22,24)(H2,23,25,26). The molecule has 0 bridgehead atoms. The van der Waals surface area contributed by atoms with Gasteiger partial charge < -0.3 is 15.4 Å². The van der Waals surface area contributed by atoms with Crippen LogP contribution in [0.1, 0.15) is 11.1 Å². The molecule has 0 radical (unpaired) electrons. The summed E-state index contributed by atoms with van der Waals surface area (Å²) < 4.78 is 0. The van der Waals surface area contributed by atoms with Gasteiger partial charge in [-0.2, -0.15) is 5.26 Å². The number of aromatic hydroxyl groups is 1. The van der Waals surface area contributed by atoms with Crippen LogP contribution in [0, 0.1) is 11.3 Å². The second-order valence-corrected chi connectivity index (χ2v) is 8.37. The second-order valence-electron chi connectivity index (χ2n) is 6.40. The SMILES string of the molecule is N#Cc1c(O)c2c(-c3ccc(-c4ccc5c(c4)CC(=O)N5)s3)csc2[nH]c1=O. The molecule has 136 valence electrons. The molecule has 6 nitrogen and oxygen atoms in total. The van der Waals surface area contributed by atoms with E-state index < -0.39 is 5.56 Å². The quantitative estimate of drug-likeness (QED) is 0.468. The summed E-state index contributed by atoms with van der Waals surface area (Å²) in [6.45, 7) is 0. The average molecular weight is 405 g/mol. The van der Waals surface area contributed by atoms with Gasteiger partial charge in [-0.15, -0.1) is 22.7 Å². The highest BCUT2D eigenvalue weighted by molar-refractivity contribution is 7.20. The zero-order valence-corrected chi connectivity index (χ0v) is 15.8. The van der Waals surface area contributed by atoms with E-state index >= 15 is 0 Å². The van der Waals surface area contributed by atoms with Gasteiger partial charge >= 0.3 is 0 Å². The first-order valence-electron chi connectivity index (χ1n) is 8.35. The van der Waals surface area contributed by atoms with Gasteiger partial charge in [0.15, 0.2) is 5.56 Å². The Morgan fingerprint density at radius 2 is 1.96 bits per heavy atom. The topological polar surface area (TPSA) is 106 Å². The maximum Gasteiger partial charge on any atom is 0.270 e. The van der Waals surface area contributed by atoms with Gasteiger partial charge in [0.25, 0.3) is 5.56 Å². The number of H-pyrrole nitrogens is 1. The first-order chi connectivity index (χ1) is 13.5. The molecule has 1 amide bonds. The fourth-order valence-electron chi connectivity index (χ4n) is 3.39. The molecule has 0 unspecified atom stereocenters. The lowest BCUT2D eigenvalue weighted by atomic mass is 10.1. The zero-order chi connectivity index (χ0) is 19.4. The normalized spacial score (nSPS) is 12.8. The summed E-state index contributed by atoms with van der Waals surface area (Å²) in [5.41, 5.74) is 2.76. The molecule has 5 rings (SSSR count). The molecule has 1 aliphatic rings. The number of pyridine rings is 1. The van der Waals surface area contributed by atoms with Crippen molar-refractivity contribution in [3.8, 4) is 32.7 Å². The van der Waals surface area contributed by atoms with Gasteiger partial charge in [-0.3, -0.25) is 9.59 Å². The molecule has 8 heteroatoms. The molecule has 0 atom stereocenters. The first-order valence-corrected chi connectivity index (χ1v) is 10.0. The van der Waals surface area contributed by atoms with Crippen molar-refractivity contribution < 1.29 is 9.90 Å². The number of fused-ring (bicyclic) bond motifs is 2. The van der Waals surface area contributed by atoms with Gasteiger partial charge in [0.05, 0.1) is 11.8 Å². The summed E-state index contributed by atoms with van der Waals surface area (Å²) in [7, 11) is 0. The second kappa shape index (κ2) is 6.05. The fraction of sp³-hybridized carbons (Fsp3) is 0.0500. The Kier molecular flexibility index (Phi) is 3.62. The van der Waals surface area contributed by atoms with Crippen LogP contribution in [-0.4, -0.2) is 16.0 Å². The molecular formula is C20H11N3O3S2. The summed E-state index contributed by atoms with van der Waals surface area (Å²) in [5, 5.41) is 24.8. The Morgan fingerprint density at radius 1 is 1.14 bits per heavy atom. The van der Waals surface area contributed by atoms with Gasteiger partial charge in [-0.1, -0.05) is 6.07 Å². The van der Waals surface area contributed by atoms with Gasteiger partial charge in [-0.25, -0.2) is 0 Å². The van der Waals surface area contributed by atoms with Gasteiger partial charge in [0.2, 0.25) is 5.91 Å². The molecule has 28 heavy (non-hydrogen) atoms. The zero-order valence-electron chi connectivity index (χ0n) is 14.2. The van der Waals surface area contributed by atoms with Crippen molar-refractivity contribution in [1.82, 2.24) is 4.98 Å². The van der Waals surface area contributed by atoms with Crippen LogP contribution in [0.2, 0.25) is 0 Å². The number of nitrogens with zero attached hydrogens (tertiary/aromatic N) is 1. The van der Waals surface area contributed by atoms with E-state index in [9.17, 15) is 14.7 Å². The van der Waals surface area contributed by atoms with E-state index in [0.717, 1.165) is 32.1 Å². The number of hydrogen-bond donors (Lipinski definition) is 3. The number of anilines is 1. The summed E-state index contributed by atoms with van der Waals surface area (Å²) >= 11 is 2.86. The third-order valence-electron chi connectivity index (χ3n) is 4.72. The average Bonchev–Trinajstić information content (AvgIpc) is 3.37. The van der Waals surface area contributed by atoms with Crippen LogP contribution in [0.3, 0.4) is 0 Å². The Morgan fingerprint density at radius 3 is 2.79 bits per heavy atom. The van der Waals surface area contributed by atoms with E-state index in [1.54, 1.807) is 17.4 Å². The maximum absolute atomic E-state index is 11.9. The Labute approximate surface area is 166 Å². The van der Waals surface area contributed by atoms with Crippen molar-refractivity contribution in [3.05, 3.63) is 57.2 Å². The van der Waals surface area contributed by atoms with Crippen LogP contribution in [0.25, 0.3) is 31.1 Å². The molecule has 4 heterocycles. The molecule has 0 saturated heterocycles. The molecule has 0 saturated carbocycles. The number of nitrogens with one attached hydrogen (secondary N) is 2. The van der Waals surface area contributed by atoms with Crippen molar-refractivity contribution in [2.75, 3.05) is 5.32 Å². The van der Waals surface area contributed by atoms with Crippen LogP contribution in [0.15, 0.2) is 40.5 Å². The highest BCUT2D eigenvalue weighted by Crippen LogP contribution is 2.43. The number of hydrogen-bond acceptors (Lipinski definition) is 6. The molecule has 3 aromatic heterocycles. The van der Waals surface area contributed by atoms with E-state index in [1.807, 2.05) is 35.7 Å². The predicted molar refractivity (Wildman–Crippen MR) is 110 cm³/mol. The minimum Gasteiger partial charge on any atom is -0.506 e. The summed E-state index contributed by atoms with van der Waals surface area (Å²) in [6, 6.07) is 11.6. The number of carbonyl (C=O) groups excluding carboxylic acids is 1. The van der Waals surface area contributed by atoms with Crippen LogP contribution in [0.4, 0.5) is 5.69 Å². The minimum atomic E-state index is -0.589. The van der Waals surface area contributed by atoms with E-state index in [0.29, 0.717) is 16.6 Å². The predicted octanol–water partition coefficient (Wildman–Crippen LogP) is 4.06. The summed E-state index contributed by atoms with van der Waals surface area (Å²) in [6.07, 6.45) is 0.384. The highest BCUT2D eigenvalue weighted by atomic mass is 32.1. The lowest BCUT2D eigenvalue weighted by Crippen LogP contribution is -2.09. The molecule has 3 N–H and O–H groups in total. The number of benzene rings is 1.